The molecule has 1 aromatic carbocycles. The molecule has 1 aliphatic rings. The average Bonchev–Trinajstić information content (AvgIpc) is 3.49. The number of para-hydroxylation sites is 1. The zero-order valence-corrected chi connectivity index (χ0v) is 19.8. The first-order valence-electron chi connectivity index (χ1n) is 10.8. The Bertz CT molecular complexity index is 1260. The van der Waals surface area contributed by atoms with Gasteiger partial charge < -0.3 is 14.6 Å². The molecular formula is C24H26N4O2S2. The fourth-order valence-electron chi connectivity index (χ4n) is 4.15. The van der Waals surface area contributed by atoms with Gasteiger partial charge in [-0.25, -0.2) is 4.98 Å². The van der Waals surface area contributed by atoms with E-state index in [1.54, 1.807) is 11.3 Å². The third-order valence-corrected chi connectivity index (χ3v) is 7.84. The molecule has 1 fully saturated rings. The standard InChI is InChI=1S/C24H26N4O2S2/c1-16(27(2)14-17-6-3-4-7-19(17)28-9-11-30-12-10-28)22-25-23(29)21-18(15-32-24(21)26-22)20-8-5-13-31-20/h3-8,13,15-16H,9-12,14H2,1-2H3,(H,25,26,29)/t16-/m1/s1. The first kappa shape index (κ1) is 21.3. The summed E-state index contributed by atoms with van der Waals surface area (Å²) in [6.45, 7) is 6.20. The highest BCUT2D eigenvalue weighted by Crippen LogP contribution is 2.34. The Kier molecular flexibility index (Phi) is 6.10. The van der Waals surface area contributed by atoms with E-state index in [1.165, 1.54) is 22.6 Å². The van der Waals surface area contributed by atoms with E-state index in [9.17, 15) is 4.79 Å². The van der Waals surface area contributed by atoms with Crippen LogP contribution >= 0.6 is 22.7 Å². The number of hydrogen-bond acceptors (Lipinski definition) is 7. The van der Waals surface area contributed by atoms with Crippen molar-refractivity contribution in [1.29, 1.82) is 0 Å². The first-order valence-corrected chi connectivity index (χ1v) is 12.5. The Labute approximate surface area is 195 Å². The average molecular weight is 467 g/mol. The topological polar surface area (TPSA) is 61.5 Å². The number of morpholine rings is 1. The molecule has 0 spiro atoms. The van der Waals surface area contributed by atoms with Gasteiger partial charge in [0, 0.05) is 41.1 Å². The molecule has 0 amide bonds. The van der Waals surface area contributed by atoms with Gasteiger partial charge in [-0.2, -0.15) is 0 Å². The zero-order valence-electron chi connectivity index (χ0n) is 18.2. The van der Waals surface area contributed by atoms with E-state index in [0.29, 0.717) is 11.2 Å². The molecule has 0 unspecified atom stereocenters. The third-order valence-electron chi connectivity index (χ3n) is 6.07. The van der Waals surface area contributed by atoms with Gasteiger partial charge in [-0.05, 0) is 37.0 Å². The summed E-state index contributed by atoms with van der Waals surface area (Å²) in [6.07, 6.45) is 0. The van der Waals surface area contributed by atoms with Crippen LogP contribution in [0.25, 0.3) is 20.7 Å². The first-order chi connectivity index (χ1) is 15.6. The number of H-pyrrole nitrogens is 1. The number of benzene rings is 1. The zero-order chi connectivity index (χ0) is 22.1. The minimum atomic E-state index is -0.0661. The highest BCUT2D eigenvalue weighted by Gasteiger charge is 2.21. The number of nitrogens with zero attached hydrogens (tertiary/aromatic N) is 3. The molecule has 0 radical (unpaired) electrons. The second-order valence-corrected chi connectivity index (χ2v) is 9.88. The molecular weight excluding hydrogens is 440 g/mol. The van der Waals surface area contributed by atoms with E-state index in [0.717, 1.165) is 48.1 Å². The molecule has 5 rings (SSSR count). The van der Waals surface area contributed by atoms with Gasteiger partial charge >= 0.3 is 0 Å². The summed E-state index contributed by atoms with van der Waals surface area (Å²) < 4.78 is 5.52. The summed E-state index contributed by atoms with van der Waals surface area (Å²) in [5, 5.41) is 4.75. The quantitative estimate of drug-likeness (QED) is 0.445. The fraction of sp³-hybridized carbons (Fsp3) is 0.333. The molecule has 1 aliphatic heterocycles. The molecule has 1 N–H and O–H groups in total. The van der Waals surface area contributed by atoms with Gasteiger partial charge in [-0.3, -0.25) is 9.69 Å². The molecule has 4 heterocycles. The Morgan fingerprint density at radius 1 is 1.19 bits per heavy atom. The summed E-state index contributed by atoms with van der Waals surface area (Å²) in [5.74, 6) is 0.702. The summed E-state index contributed by atoms with van der Waals surface area (Å²) in [6, 6.07) is 12.6. The van der Waals surface area contributed by atoms with Crippen molar-refractivity contribution in [1.82, 2.24) is 14.9 Å². The predicted octanol–water partition coefficient (Wildman–Crippen LogP) is 4.74. The van der Waals surface area contributed by atoms with Crippen molar-refractivity contribution in [3.05, 3.63) is 68.9 Å². The number of fused-ring (bicyclic) bond motifs is 1. The van der Waals surface area contributed by atoms with E-state index in [1.807, 2.05) is 22.9 Å². The van der Waals surface area contributed by atoms with Crippen LogP contribution < -0.4 is 10.5 Å². The lowest BCUT2D eigenvalue weighted by Crippen LogP contribution is -2.37. The Hall–Kier alpha value is -2.52. The van der Waals surface area contributed by atoms with Crippen molar-refractivity contribution in [2.45, 2.75) is 19.5 Å². The largest absolute Gasteiger partial charge is 0.378 e. The number of aromatic amines is 1. The van der Waals surface area contributed by atoms with Crippen LogP contribution in [-0.2, 0) is 11.3 Å². The Balaban J connectivity index is 1.40. The van der Waals surface area contributed by atoms with Crippen LogP contribution in [0.15, 0.2) is 52.0 Å². The minimum Gasteiger partial charge on any atom is -0.378 e. The van der Waals surface area contributed by atoms with Crippen molar-refractivity contribution >= 4 is 38.6 Å². The van der Waals surface area contributed by atoms with E-state index >= 15 is 0 Å². The van der Waals surface area contributed by atoms with Crippen molar-refractivity contribution in [2.24, 2.45) is 0 Å². The molecule has 6 nitrogen and oxygen atoms in total. The van der Waals surface area contributed by atoms with Crippen LogP contribution in [0.1, 0.15) is 24.4 Å². The van der Waals surface area contributed by atoms with Crippen LogP contribution in [-0.4, -0.2) is 48.2 Å². The maximum absolute atomic E-state index is 13.0. The van der Waals surface area contributed by atoms with Gasteiger partial charge in [-0.1, -0.05) is 24.3 Å². The van der Waals surface area contributed by atoms with Gasteiger partial charge in [0.2, 0.25) is 0 Å². The van der Waals surface area contributed by atoms with E-state index in [4.69, 9.17) is 9.72 Å². The summed E-state index contributed by atoms with van der Waals surface area (Å²) in [5.41, 5.74) is 3.43. The van der Waals surface area contributed by atoms with Gasteiger partial charge in [-0.15, -0.1) is 22.7 Å². The Morgan fingerprint density at radius 2 is 2.00 bits per heavy atom. The highest BCUT2D eigenvalue weighted by molar-refractivity contribution is 7.18. The maximum Gasteiger partial charge on any atom is 0.260 e. The normalized spacial score (nSPS) is 15.5. The molecule has 166 valence electrons. The fourth-order valence-corrected chi connectivity index (χ4v) is 5.92. The summed E-state index contributed by atoms with van der Waals surface area (Å²) in [7, 11) is 2.08. The summed E-state index contributed by atoms with van der Waals surface area (Å²) in [4.78, 5) is 27.4. The van der Waals surface area contributed by atoms with Crippen LogP contribution in [0.3, 0.4) is 0 Å². The number of anilines is 1. The van der Waals surface area contributed by atoms with Crippen molar-refractivity contribution in [3.63, 3.8) is 0 Å². The van der Waals surface area contributed by atoms with Crippen LogP contribution in [0.5, 0.6) is 0 Å². The van der Waals surface area contributed by atoms with Crippen LogP contribution in [0.4, 0.5) is 5.69 Å². The van der Waals surface area contributed by atoms with E-state index in [2.05, 4.69) is 53.0 Å². The van der Waals surface area contributed by atoms with Crippen LogP contribution in [0, 0.1) is 0 Å². The van der Waals surface area contributed by atoms with Crippen molar-refractivity contribution in [3.8, 4) is 10.4 Å². The van der Waals surface area contributed by atoms with Gasteiger partial charge in [0.25, 0.3) is 5.56 Å². The molecule has 4 aromatic rings. The Morgan fingerprint density at radius 3 is 2.78 bits per heavy atom. The molecule has 32 heavy (non-hydrogen) atoms. The number of aromatic nitrogens is 2. The number of nitrogens with one attached hydrogen (secondary N) is 1. The SMILES string of the molecule is C[C@H](c1nc2scc(-c3cccs3)c2c(=O)[nH]1)N(C)Cc1ccccc1N1CCOCC1. The molecule has 8 heteroatoms. The molecule has 3 aromatic heterocycles. The third kappa shape index (κ3) is 4.11. The smallest absolute Gasteiger partial charge is 0.260 e. The van der Waals surface area contributed by atoms with Crippen molar-refractivity contribution in [2.75, 3.05) is 38.3 Å². The van der Waals surface area contributed by atoms with Gasteiger partial charge in [0.15, 0.2) is 0 Å². The second-order valence-electron chi connectivity index (χ2n) is 8.08. The lowest BCUT2D eigenvalue weighted by Gasteiger charge is -2.32. The predicted molar refractivity (Wildman–Crippen MR) is 133 cm³/mol. The monoisotopic (exact) mass is 466 g/mol. The number of ether oxygens (including phenoxy) is 1. The van der Waals surface area contributed by atoms with Crippen molar-refractivity contribution < 1.29 is 4.74 Å². The number of thiophene rings is 2. The lowest BCUT2D eigenvalue weighted by atomic mass is 10.1. The highest BCUT2D eigenvalue weighted by atomic mass is 32.1. The molecule has 0 aliphatic carbocycles. The number of rotatable bonds is 6. The minimum absolute atomic E-state index is 0.0304. The van der Waals surface area contributed by atoms with Gasteiger partial charge in [0.05, 0.1) is 24.6 Å². The van der Waals surface area contributed by atoms with E-state index < -0.39 is 0 Å². The van der Waals surface area contributed by atoms with Crippen LogP contribution in [0.2, 0.25) is 0 Å². The molecule has 1 atom stereocenters. The second kappa shape index (κ2) is 9.15. The van der Waals surface area contributed by atoms with Gasteiger partial charge in [0.1, 0.15) is 10.7 Å². The molecule has 0 saturated carbocycles. The summed E-state index contributed by atoms with van der Waals surface area (Å²) >= 11 is 3.17. The van der Waals surface area contributed by atoms with E-state index in [-0.39, 0.29) is 11.6 Å². The maximum atomic E-state index is 13.0. The molecule has 1 saturated heterocycles. The molecule has 0 bridgehead atoms. The lowest BCUT2D eigenvalue weighted by molar-refractivity contribution is 0.122. The number of hydrogen-bond donors (Lipinski definition) is 1.